The van der Waals surface area contributed by atoms with E-state index in [4.69, 9.17) is 9.47 Å². The van der Waals surface area contributed by atoms with Crippen LogP contribution in [-0.2, 0) is 16.1 Å². The largest absolute Gasteiger partial charge is 0.497 e. The second kappa shape index (κ2) is 11.1. The number of nitrogens with zero attached hydrogens (tertiary/aromatic N) is 1. The Labute approximate surface area is 184 Å². The molecule has 0 heterocycles. The van der Waals surface area contributed by atoms with Gasteiger partial charge in [-0.15, -0.1) is 0 Å². The molecule has 0 aliphatic heterocycles. The minimum Gasteiger partial charge on any atom is -0.497 e. The van der Waals surface area contributed by atoms with Gasteiger partial charge in [0.05, 0.1) is 18.9 Å². The zero-order valence-corrected chi connectivity index (χ0v) is 17.3. The number of esters is 1. The fourth-order valence-electron chi connectivity index (χ4n) is 2.61. The SMILES string of the molecule is COc1cccc(C(=O)Oc2ccc(/C=N/NC(=O)C(=O)NCc3ccccc3)cc2)c1. The maximum absolute atomic E-state index is 12.2. The van der Waals surface area contributed by atoms with Crippen molar-refractivity contribution >= 4 is 24.0 Å². The highest BCUT2D eigenvalue weighted by atomic mass is 16.5. The predicted octanol–water partition coefficient (Wildman–Crippen LogP) is 2.68. The molecule has 0 bridgehead atoms. The summed E-state index contributed by atoms with van der Waals surface area (Å²) in [5.74, 6) is -1.27. The summed E-state index contributed by atoms with van der Waals surface area (Å²) >= 11 is 0. The fraction of sp³-hybridized carbons (Fsp3) is 0.0833. The van der Waals surface area contributed by atoms with Gasteiger partial charge in [0.25, 0.3) is 0 Å². The normalized spacial score (nSPS) is 10.4. The average molecular weight is 431 g/mol. The Morgan fingerprint density at radius 2 is 1.62 bits per heavy atom. The van der Waals surface area contributed by atoms with Crippen LogP contribution in [0.1, 0.15) is 21.5 Å². The topological polar surface area (TPSA) is 106 Å². The van der Waals surface area contributed by atoms with Crippen LogP contribution in [0.25, 0.3) is 0 Å². The molecule has 0 aliphatic rings. The highest BCUT2D eigenvalue weighted by molar-refractivity contribution is 6.35. The van der Waals surface area contributed by atoms with Crippen molar-refractivity contribution < 1.29 is 23.9 Å². The number of methoxy groups -OCH3 is 1. The highest BCUT2D eigenvalue weighted by Crippen LogP contribution is 2.17. The fourth-order valence-corrected chi connectivity index (χ4v) is 2.61. The minimum atomic E-state index is -0.874. The van der Waals surface area contributed by atoms with Crippen LogP contribution >= 0.6 is 0 Å². The molecular formula is C24H21N3O5. The van der Waals surface area contributed by atoms with E-state index in [9.17, 15) is 14.4 Å². The van der Waals surface area contributed by atoms with Crippen molar-refractivity contribution in [1.82, 2.24) is 10.7 Å². The van der Waals surface area contributed by atoms with Gasteiger partial charge in [0.2, 0.25) is 0 Å². The zero-order chi connectivity index (χ0) is 22.8. The molecule has 0 spiro atoms. The zero-order valence-electron chi connectivity index (χ0n) is 17.3. The molecule has 8 nitrogen and oxygen atoms in total. The van der Waals surface area contributed by atoms with E-state index < -0.39 is 17.8 Å². The Hall–Kier alpha value is -4.46. The Morgan fingerprint density at radius 1 is 0.875 bits per heavy atom. The first kappa shape index (κ1) is 22.2. The first-order valence-electron chi connectivity index (χ1n) is 9.66. The van der Waals surface area contributed by atoms with E-state index in [2.05, 4.69) is 15.8 Å². The molecule has 0 saturated carbocycles. The van der Waals surface area contributed by atoms with E-state index in [1.807, 2.05) is 30.3 Å². The van der Waals surface area contributed by atoms with Gasteiger partial charge in [-0.25, -0.2) is 10.2 Å². The molecule has 0 atom stereocenters. The van der Waals surface area contributed by atoms with Crippen LogP contribution in [0, 0.1) is 0 Å². The summed E-state index contributed by atoms with van der Waals surface area (Å²) in [4.78, 5) is 35.8. The number of carbonyl (C=O) groups is 3. The van der Waals surface area contributed by atoms with Gasteiger partial charge in [0.1, 0.15) is 11.5 Å². The molecule has 162 valence electrons. The first-order valence-corrected chi connectivity index (χ1v) is 9.66. The lowest BCUT2D eigenvalue weighted by Gasteiger charge is -2.06. The third-order valence-corrected chi connectivity index (χ3v) is 4.28. The van der Waals surface area contributed by atoms with Gasteiger partial charge in [-0.3, -0.25) is 9.59 Å². The second-order valence-corrected chi connectivity index (χ2v) is 6.56. The first-order chi connectivity index (χ1) is 15.5. The Bertz CT molecular complexity index is 1110. The smallest absolute Gasteiger partial charge is 0.343 e. The van der Waals surface area contributed by atoms with Crippen LogP contribution in [0.2, 0.25) is 0 Å². The van der Waals surface area contributed by atoms with E-state index in [1.54, 1.807) is 48.5 Å². The molecule has 0 aromatic heterocycles. The van der Waals surface area contributed by atoms with E-state index in [-0.39, 0.29) is 6.54 Å². The molecule has 2 N–H and O–H groups in total. The summed E-state index contributed by atoms with van der Waals surface area (Å²) in [6, 6.07) is 22.4. The summed E-state index contributed by atoms with van der Waals surface area (Å²) in [5.41, 5.74) is 4.05. The van der Waals surface area contributed by atoms with Crippen LogP contribution in [-0.4, -0.2) is 31.1 Å². The standard InChI is InChI=1S/C24H21N3O5/c1-31-21-9-5-8-19(14-21)24(30)32-20-12-10-18(11-13-20)16-26-27-23(29)22(28)25-15-17-6-3-2-4-7-17/h2-14,16H,15H2,1H3,(H,25,28)(H,27,29)/b26-16+. The lowest BCUT2D eigenvalue weighted by atomic mass is 10.2. The molecule has 3 aromatic rings. The summed E-state index contributed by atoms with van der Waals surface area (Å²) in [6.07, 6.45) is 1.37. The van der Waals surface area contributed by atoms with Crippen molar-refractivity contribution in [3.63, 3.8) is 0 Å². The summed E-state index contributed by atoms with van der Waals surface area (Å²) < 4.78 is 10.4. The molecule has 0 radical (unpaired) electrons. The van der Waals surface area contributed by atoms with Crippen molar-refractivity contribution in [2.75, 3.05) is 7.11 Å². The molecular weight excluding hydrogens is 410 g/mol. The van der Waals surface area contributed by atoms with Crippen molar-refractivity contribution in [1.29, 1.82) is 0 Å². The summed E-state index contributed by atoms with van der Waals surface area (Å²) in [7, 11) is 1.52. The van der Waals surface area contributed by atoms with Crippen LogP contribution in [0.4, 0.5) is 0 Å². The van der Waals surface area contributed by atoms with Crippen molar-refractivity contribution in [3.8, 4) is 11.5 Å². The molecule has 8 heteroatoms. The Balaban J connectivity index is 1.47. The van der Waals surface area contributed by atoms with Crippen LogP contribution < -0.4 is 20.2 Å². The number of hydrogen-bond donors (Lipinski definition) is 2. The van der Waals surface area contributed by atoms with Gasteiger partial charge in [-0.1, -0.05) is 36.4 Å². The third kappa shape index (κ3) is 6.53. The van der Waals surface area contributed by atoms with Crippen molar-refractivity contribution in [2.45, 2.75) is 6.54 Å². The van der Waals surface area contributed by atoms with E-state index in [0.717, 1.165) is 5.56 Å². The predicted molar refractivity (Wildman–Crippen MR) is 118 cm³/mol. The molecule has 32 heavy (non-hydrogen) atoms. The van der Waals surface area contributed by atoms with E-state index >= 15 is 0 Å². The lowest BCUT2D eigenvalue weighted by molar-refractivity contribution is -0.139. The quantitative estimate of drug-likeness (QED) is 0.197. The number of hydrogen-bond acceptors (Lipinski definition) is 6. The van der Waals surface area contributed by atoms with Crippen LogP contribution in [0.3, 0.4) is 0 Å². The number of carbonyl (C=O) groups excluding carboxylic acids is 3. The number of rotatable bonds is 7. The molecule has 3 aromatic carbocycles. The van der Waals surface area contributed by atoms with E-state index in [0.29, 0.717) is 22.6 Å². The summed E-state index contributed by atoms with van der Waals surface area (Å²) in [5, 5.41) is 6.28. The number of benzene rings is 3. The van der Waals surface area contributed by atoms with Gasteiger partial charge in [-0.2, -0.15) is 5.10 Å². The minimum absolute atomic E-state index is 0.243. The maximum atomic E-state index is 12.2. The van der Waals surface area contributed by atoms with Gasteiger partial charge in [0.15, 0.2) is 0 Å². The Kier molecular flexibility index (Phi) is 7.69. The molecule has 2 amide bonds. The van der Waals surface area contributed by atoms with Crippen LogP contribution in [0.5, 0.6) is 11.5 Å². The van der Waals surface area contributed by atoms with Gasteiger partial charge in [0, 0.05) is 6.54 Å². The number of amides is 2. The van der Waals surface area contributed by atoms with Crippen LogP contribution in [0.15, 0.2) is 84.0 Å². The van der Waals surface area contributed by atoms with Gasteiger partial charge in [-0.05, 0) is 53.6 Å². The average Bonchev–Trinajstić information content (AvgIpc) is 2.84. The number of hydrazone groups is 1. The monoisotopic (exact) mass is 431 g/mol. The third-order valence-electron chi connectivity index (χ3n) is 4.28. The van der Waals surface area contributed by atoms with Crippen molar-refractivity contribution in [3.05, 3.63) is 95.6 Å². The second-order valence-electron chi connectivity index (χ2n) is 6.56. The van der Waals surface area contributed by atoms with E-state index in [1.165, 1.54) is 13.3 Å². The Morgan fingerprint density at radius 3 is 2.34 bits per heavy atom. The number of nitrogens with one attached hydrogen (secondary N) is 2. The highest BCUT2D eigenvalue weighted by Gasteiger charge is 2.12. The summed E-state index contributed by atoms with van der Waals surface area (Å²) in [6.45, 7) is 0.243. The molecule has 0 unspecified atom stereocenters. The number of ether oxygens (including phenoxy) is 2. The van der Waals surface area contributed by atoms with Gasteiger partial charge >= 0.3 is 17.8 Å². The molecule has 3 rings (SSSR count). The molecule has 0 fully saturated rings. The molecule has 0 saturated heterocycles. The maximum Gasteiger partial charge on any atom is 0.343 e. The molecule has 0 aliphatic carbocycles. The van der Waals surface area contributed by atoms with Crippen molar-refractivity contribution in [2.24, 2.45) is 5.10 Å². The lowest BCUT2D eigenvalue weighted by Crippen LogP contribution is -2.37. The van der Waals surface area contributed by atoms with Gasteiger partial charge < -0.3 is 14.8 Å².